The number of hydrogen-bond acceptors (Lipinski definition) is 5. The van der Waals surface area contributed by atoms with Crippen LogP contribution in [0.15, 0.2) is 60.1 Å². The fourth-order valence-corrected chi connectivity index (χ4v) is 3.49. The highest BCUT2D eigenvalue weighted by Crippen LogP contribution is 2.23. The molecule has 1 fully saturated rings. The van der Waals surface area contributed by atoms with Crippen molar-refractivity contribution >= 4 is 5.96 Å². The van der Waals surface area contributed by atoms with Gasteiger partial charge in [-0.1, -0.05) is 24.3 Å². The van der Waals surface area contributed by atoms with E-state index in [0.29, 0.717) is 19.7 Å². The summed E-state index contributed by atoms with van der Waals surface area (Å²) < 4.78 is 13.4. The number of nitrogens with one attached hydrogen (secondary N) is 2. The predicted molar refractivity (Wildman–Crippen MR) is 124 cm³/mol. The minimum Gasteiger partial charge on any atom is -0.488 e. The Morgan fingerprint density at radius 1 is 1.22 bits per heavy atom. The van der Waals surface area contributed by atoms with Crippen LogP contribution >= 0.6 is 0 Å². The van der Waals surface area contributed by atoms with E-state index in [-0.39, 0.29) is 6.10 Å². The number of nitrogens with zero attached hydrogens (tertiary/aromatic N) is 4. The number of aromatic nitrogens is 3. The standard InChI is InChI=1S/C24H30N6O2/c1-3-26-24(27-13-19-5-8-21(9-6-19)30-17-25-16-29-30)28-14-20-7-4-18(2)12-23(20)32-22-10-11-31-15-22/h4-9,12,16-17,22H,3,10-11,13-15H2,1-2H3,(H2,26,27,28). The summed E-state index contributed by atoms with van der Waals surface area (Å²) in [6.45, 7) is 7.54. The third-order valence-corrected chi connectivity index (χ3v) is 5.23. The van der Waals surface area contributed by atoms with E-state index in [4.69, 9.17) is 14.5 Å². The molecule has 0 amide bonds. The van der Waals surface area contributed by atoms with E-state index in [1.165, 1.54) is 11.9 Å². The zero-order valence-corrected chi connectivity index (χ0v) is 18.6. The van der Waals surface area contributed by atoms with Gasteiger partial charge in [0.05, 0.1) is 25.4 Å². The lowest BCUT2D eigenvalue weighted by Gasteiger charge is -2.18. The summed E-state index contributed by atoms with van der Waals surface area (Å²) in [6.07, 6.45) is 4.26. The van der Waals surface area contributed by atoms with Crippen LogP contribution in [0.1, 0.15) is 30.0 Å². The molecule has 1 atom stereocenters. The lowest BCUT2D eigenvalue weighted by atomic mass is 10.1. The zero-order valence-electron chi connectivity index (χ0n) is 18.6. The van der Waals surface area contributed by atoms with Gasteiger partial charge in [0.25, 0.3) is 0 Å². The van der Waals surface area contributed by atoms with Crippen LogP contribution < -0.4 is 15.4 Å². The van der Waals surface area contributed by atoms with Crippen LogP contribution in [0.5, 0.6) is 5.75 Å². The van der Waals surface area contributed by atoms with Crippen molar-refractivity contribution in [1.82, 2.24) is 25.4 Å². The number of ether oxygens (including phenoxy) is 2. The molecule has 2 heterocycles. The molecule has 0 radical (unpaired) electrons. The Labute approximate surface area is 188 Å². The van der Waals surface area contributed by atoms with E-state index in [0.717, 1.165) is 48.1 Å². The number of benzene rings is 2. The molecule has 2 N–H and O–H groups in total. The van der Waals surface area contributed by atoms with Gasteiger partial charge < -0.3 is 20.1 Å². The molecule has 0 spiro atoms. The highest BCUT2D eigenvalue weighted by Gasteiger charge is 2.18. The molecular formula is C24H30N6O2. The van der Waals surface area contributed by atoms with Gasteiger partial charge in [0.1, 0.15) is 24.5 Å². The first-order valence-corrected chi connectivity index (χ1v) is 11.0. The van der Waals surface area contributed by atoms with Crippen LogP contribution in [0.2, 0.25) is 0 Å². The number of hydrogen-bond donors (Lipinski definition) is 2. The molecule has 0 saturated carbocycles. The van der Waals surface area contributed by atoms with Crippen molar-refractivity contribution in [3.8, 4) is 11.4 Å². The molecule has 4 rings (SSSR count). The normalized spacial score (nSPS) is 16.2. The fraction of sp³-hybridized carbons (Fsp3) is 0.375. The van der Waals surface area contributed by atoms with Gasteiger partial charge in [-0.05, 0) is 43.2 Å². The van der Waals surface area contributed by atoms with Crippen molar-refractivity contribution in [2.45, 2.75) is 39.5 Å². The molecule has 1 unspecified atom stereocenters. The van der Waals surface area contributed by atoms with E-state index >= 15 is 0 Å². The molecular weight excluding hydrogens is 404 g/mol. The molecule has 1 saturated heterocycles. The quantitative estimate of drug-likeness (QED) is 0.419. The first-order chi connectivity index (χ1) is 15.7. The summed E-state index contributed by atoms with van der Waals surface area (Å²) >= 11 is 0. The second-order valence-electron chi connectivity index (χ2n) is 7.77. The number of aryl methyl sites for hydroxylation is 1. The third kappa shape index (κ3) is 5.85. The summed E-state index contributed by atoms with van der Waals surface area (Å²) in [5, 5.41) is 10.9. The van der Waals surface area contributed by atoms with Crippen LogP contribution in [0.4, 0.5) is 0 Å². The molecule has 2 aromatic carbocycles. The summed E-state index contributed by atoms with van der Waals surface area (Å²) in [7, 11) is 0. The minimum absolute atomic E-state index is 0.123. The number of rotatable bonds is 8. The highest BCUT2D eigenvalue weighted by molar-refractivity contribution is 5.79. The minimum atomic E-state index is 0.123. The van der Waals surface area contributed by atoms with E-state index in [9.17, 15) is 0 Å². The average Bonchev–Trinajstić information content (AvgIpc) is 3.52. The average molecular weight is 435 g/mol. The molecule has 0 bridgehead atoms. The third-order valence-electron chi connectivity index (χ3n) is 5.23. The topological polar surface area (TPSA) is 85.6 Å². The van der Waals surface area contributed by atoms with Gasteiger partial charge >= 0.3 is 0 Å². The molecule has 168 valence electrons. The van der Waals surface area contributed by atoms with E-state index in [1.807, 2.05) is 12.1 Å². The van der Waals surface area contributed by atoms with Gasteiger partial charge in [-0.2, -0.15) is 5.10 Å². The smallest absolute Gasteiger partial charge is 0.191 e. The highest BCUT2D eigenvalue weighted by atomic mass is 16.5. The first-order valence-electron chi connectivity index (χ1n) is 11.0. The van der Waals surface area contributed by atoms with Gasteiger partial charge in [-0.25, -0.2) is 14.7 Å². The van der Waals surface area contributed by atoms with Crippen molar-refractivity contribution in [2.75, 3.05) is 19.8 Å². The maximum absolute atomic E-state index is 6.21. The van der Waals surface area contributed by atoms with E-state index < -0.39 is 0 Å². The summed E-state index contributed by atoms with van der Waals surface area (Å²) in [6, 6.07) is 14.5. The van der Waals surface area contributed by atoms with Gasteiger partial charge in [-0.3, -0.25) is 0 Å². The molecule has 1 aliphatic heterocycles. The van der Waals surface area contributed by atoms with Crippen molar-refractivity contribution in [3.05, 3.63) is 71.8 Å². The Morgan fingerprint density at radius 3 is 2.81 bits per heavy atom. The van der Waals surface area contributed by atoms with Gasteiger partial charge in [0.2, 0.25) is 0 Å². The maximum Gasteiger partial charge on any atom is 0.191 e. The van der Waals surface area contributed by atoms with Crippen LogP contribution in [0.3, 0.4) is 0 Å². The van der Waals surface area contributed by atoms with E-state index in [1.54, 1.807) is 11.0 Å². The maximum atomic E-state index is 6.21. The first kappa shape index (κ1) is 21.8. The van der Waals surface area contributed by atoms with Crippen LogP contribution in [-0.2, 0) is 17.8 Å². The monoisotopic (exact) mass is 434 g/mol. The Morgan fingerprint density at radius 2 is 2.09 bits per heavy atom. The molecule has 3 aromatic rings. The van der Waals surface area contributed by atoms with Gasteiger partial charge in [0, 0.05) is 25.1 Å². The van der Waals surface area contributed by atoms with E-state index in [2.05, 4.69) is 64.9 Å². The van der Waals surface area contributed by atoms with Crippen molar-refractivity contribution in [1.29, 1.82) is 0 Å². The van der Waals surface area contributed by atoms with Crippen molar-refractivity contribution in [3.63, 3.8) is 0 Å². The van der Waals surface area contributed by atoms with Crippen molar-refractivity contribution < 1.29 is 9.47 Å². The Bertz CT molecular complexity index is 1010. The molecule has 1 aromatic heterocycles. The molecule has 8 nitrogen and oxygen atoms in total. The molecule has 1 aliphatic rings. The van der Waals surface area contributed by atoms with Crippen LogP contribution in [0.25, 0.3) is 5.69 Å². The lowest BCUT2D eigenvalue weighted by Crippen LogP contribution is -2.37. The summed E-state index contributed by atoms with van der Waals surface area (Å²) in [5.74, 6) is 1.68. The Kier molecular flexibility index (Phi) is 7.34. The molecule has 8 heteroatoms. The fourth-order valence-electron chi connectivity index (χ4n) is 3.49. The lowest BCUT2D eigenvalue weighted by molar-refractivity contribution is 0.140. The predicted octanol–water partition coefficient (Wildman–Crippen LogP) is 3.00. The van der Waals surface area contributed by atoms with Crippen LogP contribution in [-0.4, -0.2) is 46.6 Å². The van der Waals surface area contributed by atoms with Gasteiger partial charge in [-0.15, -0.1) is 0 Å². The SMILES string of the molecule is CCNC(=NCc1ccc(-n2cncn2)cc1)NCc1ccc(C)cc1OC1CCOC1. The van der Waals surface area contributed by atoms with Crippen LogP contribution in [0, 0.1) is 6.92 Å². The molecule has 32 heavy (non-hydrogen) atoms. The second-order valence-corrected chi connectivity index (χ2v) is 7.77. The number of guanidine groups is 1. The number of aliphatic imine (C=N–C) groups is 1. The summed E-state index contributed by atoms with van der Waals surface area (Å²) in [4.78, 5) is 8.72. The Balaban J connectivity index is 1.39. The molecule has 0 aliphatic carbocycles. The Hall–Kier alpha value is -3.39. The largest absolute Gasteiger partial charge is 0.488 e. The zero-order chi connectivity index (χ0) is 22.2. The van der Waals surface area contributed by atoms with Crippen molar-refractivity contribution in [2.24, 2.45) is 4.99 Å². The second kappa shape index (κ2) is 10.8. The van der Waals surface area contributed by atoms with Gasteiger partial charge in [0.15, 0.2) is 5.96 Å². The summed E-state index contributed by atoms with van der Waals surface area (Å²) in [5.41, 5.74) is 4.37.